The third kappa shape index (κ3) is 3.98. The normalized spacial score (nSPS) is 20.5. The molecular formula is C17H35N. The molecule has 1 unspecified atom stereocenters. The van der Waals surface area contributed by atoms with Crippen molar-refractivity contribution in [3.63, 3.8) is 0 Å². The highest BCUT2D eigenvalue weighted by Crippen LogP contribution is 2.45. The first-order valence-electron chi connectivity index (χ1n) is 8.45. The molecule has 1 aliphatic carbocycles. The molecule has 108 valence electrons. The zero-order chi connectivity index (χ0) is 13.4. The Morgan fingerprint density at radius 2 is 1.61 bits per heavy atom. The summed E-state index contributed by atoms with van der Waals surface area (Å²) in [5.74, 6) is 0.920. The minimum Gasteiger partial charge on any atom is -0.313 e. The molecule has 0 aromatic rings. The van der Waals surface area contributed by atoms with Crippen LogP contribution in [0.25, 0.3) is 0 Å². The van der Waals surface area contributed by atoms with Crippen molar-refractivity contribution in [3.8, 4) is 0 Å². The number of hydrogen-bond donors (Lipinski definition) is 1. The fourth-order valence-electron chi connectivity index (χ4n) is 3.85. The van der Waals surface area contributed by atoms with Crippen LogP contribution in [-0.4, -0.2) is 12.6 Å². The molecule has 0 aromatic heterocycles. The van der Waals surface area contributed by atoms with Crippen molar-refractivity contribution in [1.29, 1.82) is 0 Å². The maximum Gasteiger partial charge on any atom is 0.0126 e. The summed E-state index contributed by atoms with van der Waals surface area (Å²) in [6, 6.07) is 0.773. The van der Waals surface area contributed by atoms with E-state index < -0.39 is 0 Å². The van der Waals surface area contributed by atoms with E-state index in [4.69, 9.17) is 0 Å². The van der Waals surface area contributed by atoms with Crippen LogP contribution in [0.1, 0.15) is 85.5 Å². The lowest BCUT2D eigenvalue weighted by molar-refractivity contribution is 0.156. The molecule has 1 fully saturated rings. The first-order valence-corrected chi connectivity index (χ1v) is 8.45. The van der Waals surface area contributed by atoms with Gasteiger partial charge in [0.2, 0.25) is 0 Å². The molecule has 18 heavy (non-hydrogen) atoms. The largest absolute Gasteiger partial charge is 0.313 e. The summed E-state index contributed by atoms with van der Waals surface area (Å²) in [6.07, 6.45) is 12.6. The van der Waals surface area contributed by atoms with Gasteiger partial charge in [0.05, 0.1) is 0 Å². The summed E-state index contributed by atoms with van der Waals surface area (Å²) in [5.41, 5.74) is 0.623. The molecule has 1 saturated carbocycles. The van der Waals surface area contributed by atoms with Crippen molar-refractivity contribution in [3.05, 3.63) is 0 Å². The van der Waals surface area contributed by atoms with Gasteiger partial charge < -0.3 is 5.32 Å². The van der Waals surface area contributed by atoms with Crippen LogP contribution >= 0.6 is 0 Å². The third-order valence-electron chi connectivity index (χ3n) is 5.41. The number of rotatable bonds is 9. The van der Waals surface area contributed by atoms with E-state index in [2.05, 4.69) is 33.0 Å². The minimum atomic E-state index is 0.623. The van der Waals surface area contributed by atoms with Crippen LogP contribution in [0.3, 0.4) is 0 Å². The van der Waals surface area contributed by atoms with Crippen LogP contribution in [0, 0.1) is 11.3 Å². The monoisotopic (exact) mass is 253 g/mol. The van der Waals surface area contributed by atoms with Gasteiger partial charge in [0.15, 0.2) is 0 Å². The smallest absolute Gasteiger partial charge is 0.0126 e. The molecule has 0 spiro atoms. The summed E-state index contributed by atoms with van der Waals surface area (Å²) in [6.45, 7) is 10.6. The Labute approximate surface area is 115 Å². The third-order valence-corrected chi connectivity index (χ3v) is 5.41. The Hall–Kier alpha value is -0.0400. The van der Waals surface area contributed by atoms with Crippen molar-refractivity contribution in [2.75, 3.05) is 6.54 Å². The van der Waals surface area contributed by atoms with E-state index in [-0.39, 0.29) is 0 Å². The molecule has 0 amide bonds. The highest BCUT2D eigenvalue weighted by Gasteiger charge is 2.39. The van der Waals surface area contributed by atoms with E-state index >= 15 is 0 Å². The molecule has 0 bridgehead atoms. The first-order chi connectivity index (χ1) is 8.72. The van der Waals surface area contributed by atoms with Crippen LogP contribution < -0.4 is 5.32 Å². The van der Waals surface area contributed by atoms with E-state index in [1.54, 1.807) is 0 Å². The molecule has 0 radical (unpaired) electrons. The van der Waals surface area contributed by atoms with Crippen LogP contribution in [0.5, 0.6) is 0 Å². The lowest BCUT2D eigenvalue weighted by Crippen LogP contribution is -2.45. The average Bonchev–Trinajstić information content (AvgIpc) is 2.89. The van der Waals surface area contributed by atoms with E-state index in [0.717, 1.165) is 12.0 Å². The van der Waals surface area contributed by atoms with Crippen molar-refractivity contribution in [2.24, 2.45) is 11.3 Å². The van der Waals surface area contributed by atoms with E-state index in [9.17, 15) is 0 Å². The van der Waals surface area contributed by atoms with Gasteiger partial charge in [-0.1, -0.05) is 53.4 Å². The van der Waals surface area contributed by atoms with E-state index in [1.807, 2.05) is 0 Å². The molecule has 0 aromatic carbocycles. The predicted molar refractivity (Wildman–Crippen MR) is 82.0 cm³/mol. The Morgan fingerprint density at radius 3 is 2.06 bits per heavy atom. The highest BCUT2D eigenvalue weighted by atomic mass is 14.9. The van der Waals surface area contributed by atoms with E-state index in [1.165, 1.54) is 64.3 Å². The van der Waals surface area contributed by atoms with Crippen molar-refractivity contribution in [2.45, 2.75) is 91.5 Å². The standard InChI is InChI=1S/C17H35N/c1-5-13-18-16(14-15(6-2)7-3)17(8-4)11-9-10-12-17/h15-16,18H,5-14H2,1-4H3. The van der Waals surface area contributed by atoms with Gasteiger partial charge >= 0.3 is 0 Å². The second-order valence-electron chi connectivity index (χ2n) is 6.35. The fraction of sp³-hybridized carbons (Fsp3) is 1.00. The summed E-state index contributed by atoms with van der Waals surface area (Å²) < 4.78 is 0. The number of nitrogens with one attached hydrogen (secondary N) is 1. The highest BCUT2D eigenvalue weighted by molar-refractivity contribution is 4.94. The molecule has 1 N–H and O–H groups in total. The van der Waals surface area contributed by atoms with E-state index in [0.29, 0.717) is 5.41 Å². The van der Waals surface area contributed by atoms with Crippen LogP contribution in [0.2, 0.25) is 0 Å². The second kappa shape index (κ2) is 8.19. The Balaban J connectivity index is 2.68. The molecule has 1 rings (SSSR count). The Bertz CT molecular complexity index is 202. The van der Waals surface area contributed by atoms with Crippen LogP contribution in [-0.2, 0) is 0 Å². The van der Waals surface area contributed by atoms with Gasteiger partial charge in [-0.25, -0.2) is 0 Å². The zero-order valence-corrected chi connectivity index (χ0v) is 13.2. The number of hydrogen-bond acceptors (Lipinski definition) is 1. The van der Waals surface area contributed by atoms with Gasteiger partial charge in [-0.15, -0.1) is 0 Å². The second-order valence-corrected chi connectivity index (χ2v) is 6.35. The molecule has 0 heterocycles. The summed E-state index contributed by atoms with van der Waals surface area (Å²) in [5, 5.41) is 3.90. The molecule has 1 nitrogen and oxygen atoms in total. The maximum atomic E-state index is 3.90. The lowest BCUT2D eigenvalue weighted by Gasteiger charge is -2.39. The molecule has 0 aliphatic heterocycles. The summed E-state index contributed by atoms with van der Waals surface area (Å²) >= 11 is 0. The van der Waals surface area contributed by atoms with Crippen LogP contribution in [0.4, 0.5) is 0 Å². The quantitative estimate of drug-likeness (QED) is 0.599. The SMILES string of the molecule is CCCNC(CC(CC)CC)C1(CC)CCCC1. The van der Waals surface area contributed by atoms with Crippen molar-refractivity contribution >= 4 is 0 Å². The molecule has 1 aliphatic rings. The Kier molecular flexibility index (Phi) is 7.29. The fourth-order valence-corrected chi connectivity index (χ4v) is 3.85. The van der Waals surface area contributed by atoms with Gasteiger partial charge in [0, 0.05) is 6.04 Å². The van der Waals surface area contributed by atoms with Crippen LogP contribution in [0.15, 0.2) is 0 Å². The van der Waals surface area contributed by atoms with Gasteiger partial charge in [-0.3, -0.25) is 0 Å². The van der Waals surface area contributed by atoms with Gasteiger partial charge in [0.1, 0.15) is 0 Å². The zero-order valence-electron chi connectivity index (χ0n) is 13.2. The maximum absolute atomic E-state index is 3.90. The van der Waals surface area contributed by atoms with Gasteiger partial charge in [0.25, 0.3) is 0 Å². The van der Waals surface area contributed by atoms with Gasteiger partial charge in [-0.05, 0) is 50.0 Å². The molecule has 1 heteroatoms. The van der Waals surface area contributed by atoms with Gasteiger partial charge in [-0.2, -0.15) is 0 Å². The predicted octanol–water partition coefficient (Wildman–Crippen LogP) is 5.15. The van der Waals surface area contributed by atoms with Crippen molar-refractivity contribution in [1.82, 2.24) is 5.32 Å². The topological polar surface area (TPSA) is 12.0 Å². The molecule has 1 atom stereocenters. The summed E-state index contributed by atoms with van der Waals surface area (Å²) in [7, 11) is 0. The molecular weight excluding hydrogens is 218 g/mol. The lowest BCUT2D eigenvalue weighted by atomic mass is 9.72. The summed E-state index contributed by atoms with van der Waals surface area (Å²) in [4.78, 5) is 0. The average molecular weight is 253 g/mol. The van der Waals surface area contributed by atoms with Crippen molar-refractivity contribution < 1.29 is 0 Å². The molecule has 0 saturated heterocycles. The Morgan fingerprint density at radius 1 is 1.00 bits per heavy atom. The first kappa shape index (κ1) is 16.0. The minimum absolute atomic E-state index is 0.623.